The van der Waals surface area contributed by atoms with E-state index < -0.39 is 0 Å². The predicted molar refractivity (Wildman–Crippen MR) is 124 cm³/mol. The maximum absolute atomic E-state index is 12.7. The van der Waals surface area contributed by atoms with Crippen LogP contribution in [0, 0.1) is 5.92 Å². The zero-order valence-corrected chi connectivity index (χ0v) is 18.5. The summed E-state index contributed by atoms with van der Waals surface area (Å²) in [4.78, 5) is 15.2. The topological polar surface area (TPSA) is 59.4 Å². The van der Waals surface area contributed by atoms with Crippen LogP contribution in [0.1, 0.15) is 42.1 Å². The molecule has 1 aliphatic rings. The number of amides is 1. The Labute approximate surface area is 184 Å². The summed E-state index contributed by atoms with van der Waals surface area (Å²) in [5, 5.41) is 8.62. The van der Waals surface area contributed by atoms with E-state index >= 15 is 0 Å². The quantitative estimate of drug-likeness (QED) is 0.561. The molecule has 1 atom stereocenters. The second-order valence-electron chi connectivity index (χ2n) is 8.58. The lowest BCUT2D eigenvalue weighted by molar-refractivity contribution is 0.0950. The molecule has 31 heavy (non-hydrogen) atoms. The molecule has 1 aromatic heterocycles. The molecule has 0 unspecified atom stereocenters. The van der Waals surface area contributed by atoms with E-state index in [4.69, 9.17) is 4.74 Å². The fourth-order valence-corrected chi connectivity index (χ4v) is 4.38. The summed E-state index contributed by atoms with van der Waals surface area (Å²) in [5.74, 6) is 1.59. The van der Waals surface area contributed by atoms with Gasteiger partial charge in [-0.15, -0.1) is 0 Å². The van der Waals surface area contributed by atoms with E-state index in [0.29, 0.717) is 18.7 Å². The monoisotopic (exact) mass is 420 g/mol. The van der Waals surface area contributed by atoms with Crippen molar-refractivity contribution in [2.75, 3.05) is 33.3 Å². The predicted octanol–water partition coefficient (Wildman–Crippen LogP) is 3.95. The molecule has 6 nitrogen and oxygen atoms in total. The number of hydrogen-bond acceptors (Lipinski definition) is 4. The maximum Gasteiger partial charge on any atom is 0.251 e. The number of fused-ring (bicyclic) bond motifs is 1. The highest BCUT2D eigenvalue weighted by atomic mass is 16.5. The van der Waals surface area contributed by atoms with Gasteiger partial charge in [-0.1, -0.05) is 25.1 Å². The lowest BCUT2D eigenvalue weighted by atomic mass is 10.0. The Morgan fingerprint density at radius 1 is 1.26 bits per heavy atom. The maximum atomic E-state index is 12.7. The largest absolute Gasteiger partial charge is 0.497 e. The number of methoxy groups -OCH3 is 1. The van der Waals surface area contributed by atoms with E-state index in [1.807, 2.05) is 47.3 Å². The molecule has 2 aromatic carbocycles. The number of hydrogen-bond donors (Lipinski definition) is 1. The normalized spacial score (nSPS) is 17.0. The van der Waals surface area contributed by atoms with Crippen LogP contribution in [0.5, 0.6) is 5.75 Å². The summed E-state index contributed by atoms with van der Waals surface area (Å²) >= 11 is 0. The van der Waals surface area contributed by atoms with Crippen LogP contribution in [-0.4, -0.2) is 53.9 Å². The molecule has 1 amide bonds. The van der Waals surface area contributed by atoms with Crippen LogP contribution < -0.4 is 10.1 Å². The molecule has 0 saturated carbocycles. The van der Waals surface area contributed by atoms with Gasteiger partial charge in [-0.05, 0) is 68.1 Å². The molecule has 1 N–H and O–H groups in total. The van der Waals surface area contributed by atoms with E-state index in [-0.39, 0.29) is 5.91 Å². The molecule has 0 spiro atoms. The lowest BCUT2D eigenvalue weighted by Gasteiger charge is -2.30. The van der Waals surface area contributed by atoms with Crippen LogP contribution in [0.4, 0.5) is 0 Å². The Bertz CT molecular complexity index is 1030. The van der Waals surface area contributed by atoms with Crippen molar-refractivity contribution in [2.24, 2.45) is 5.92 Å². The number of aromatic nitrogens is 2. The van der Waals surface area contributed by atoms with Gasteiger partial charge >= 0.3 is 0 Å². The van der Waals surface area contributed by atoms with Gasteiger partial charge in [0.15, 0.2) is 0 Å². The second-order valence-corrected chi connectivity index (χ2v) is 8.58. The minimum atomic E-state index is -0.0250. The highest BCUT2D eigenvalue weighted by molar-refractivity contribution is 5.97. The Balaban J connectivity index is 1.36. The third kappa shape index (κ3) is 5.44. The highest BCUT2D eigenvalue weighted by Crippen LogP contribution is 2.19. The highest BCUT2D eigenvalue weighted by Gasteiger charge is 2.15. The van der Waals surface area contributed by atoms with Crippen molar-refractivity contribution in [2.45, 2.75) is 32.7 Å². The van der Waals surface area contributed by atoms with Crippen LogP contribution in [0.25, 0.3) is 10.9 Å². The molecular formula is C25H32N4O2. The molecule has 6 heteroatoms. The van der Waals surface area contributed by atoms with E-state index in [2.05, 4.69) is 28.3 Å². The summed E-state index contributed by atoms with van der Waals surface area (Å²) in [5.41, 5.74) is 2.73. The molecule has 1 saturated heterocycles. The molecule has 2 heterocycles. The number of benzene rings is 2. The summed E-state index contributed by atoms with van der Waals surface area (Å²) in [6.07, 6.45) is 5.45. The van der Waals surface area contributed by atoms with Gasteiger partial charge in [0.2, 0.25) is 0 Å². The number of carbonyl (C=O) groups excluding carboxylic acids is 1. The van der Waals surface area contributed by atoms with Crippen molar-refractivity contribution in [1.29, 1.82) is 0 Å². The number of ether oxygens (including phenoxy) is 1. The first-order chi connectivity index (χ1) is 15.1. The van der Waals surface area contributed by atoms with Gasteiger partial charge in [-0.25, -0.2) is 0 Å². The molecule has 0 radical (unpaired) electrons. The first kappa shape index (κ1) is 21.4. The number of likely N-dealkylation sites (tertiary alicyclic amines) is 1. The first-order valence-electron chi connectivity index (χ1n) is 11.2. The number of carbonyl (C=O) groups is 1. The first-order valence-corrected chi connectivity index (χ1v) is 11.2. The Hall–Kier alpha value is -2.86. The van der Waals surface area contributed by atoms with Gasteiger partial charge in [-0.2, -0.15) is 5.10 Å². The average Bonchev–Trinajstić information content (AvgIpc) is 3.18. The summed E-state index contributed by atoms with van der Waals surface area (Å²) in [6.45, 7) is 7.07. The van der Waals surface area contributed by atoms with E-state index in [1.165, 1.54) is 25.9 Å². The standard InChI is InChI=1S/C25H32N4O2/c1-19-6-4-12-28(17-19)13-5-11-26-25(30)21-9-10-22-16-27-29(24(22)15-21)18-20-7-3-8-23(14-20)31-2/h3,7-10,14-16,19H,4-6,11-13,17-18H2,1-2H3,(H,26,30)/t19-/m0/s1. The van der Waals surface area contributed by atoms with E-state index in [1.54, 1.807) is 7.11 Å². The van der Waals surface area contributed by atoms with Crippen molar-refractivity contribution in [1.82, 2.24) is 20.0 Å². The molecule has 1 aliphatic heterocycles. The second kappa shape index (κ2) is 9.96. The van der Waals surface area contributed by atoms with Gasteiger partial charge in [0, 0.05) is 24.0 Å². The molecule has 4 rings (SSSR count). The fourth-order valence-electron chi connectivity index (χ4n) is 4.38. The zero-order valence-electron chi connectivity index (χ0n) is 18.5. The van der Waals surface area contributed by atoms with Crippen molar-refractivity contribution >= 4 is 16.8 Å². The summed E-state index contributed by atoms with van der Waals surface area (Å²) < 4.78 is 7.25. The number of rotatable bonds is 8. The third-order valence-corrected chi connectivity index (χ3v) is 6.05. The smallest absolute Gasteiger partial charge is 0.251 e. The zero-order chi connectivity index (χ0) is 21.6. The van der Waals surface area contributed by atoms with Crippen LogP contribution in [0.3, 0.4) is 0 Å². The van der Waals surface area contributed by atoms with Crippen LogP contribution in [-0.2, 0) is 6.54 Å². The summed E-state index contributed by atoms with van der Waals surface area (Å²) in [7, 11) is 1.67. The molecule has 1 fully saturated rings. The number of piperidine rings is 1. The van der Waals surface area contributed by atoms with Gasteiger partial charge in [0.1, 0.15) is 5.75 Å². The Morgan fingerprint density at radius 2 is 2.16 bits per heavy atom. The molecule has 0 bridgehead atoms. The van der Waals surface area contributed by atoms with Crippen molar-refractivity contribution in [3.63, 3.8) is 0 Å². The third-order valence-electron chi connectivity index (χ3n) is 6.05. The average molecular weight is 421 g/mol. The molecular weight excluding hydrogens is 388 g/mol. The van der Waals surface area contributed by atoms with Gasteiger partial charge in [0.05, 0.1) is 25.4 Å². The van der Waals surface area contributed by atoms with Gasteiger partial charge in [-0.3, -0.25) is 9.48 Å². The SMILES string of the molecule is COc1cccc(Cn2ncc3ccc(C(=O)NCCCN4CCC[C@H](C)C4)cc32)c1. The molecule has 0 aliphatic carbocycles. The van der Waals surface area contributed by atoms with Crippen molar-refractivity contribution in [3.05, 3.63) is 59.8 Å². The van der Waals surface area contributed by atoms with E-state index in [0.717, 1.165) is 41.1 Å². The van der Waals surface area contributed by atoms with Crippen LogP contribution in [0.15, 0.2) is 48.7 Å². The Morgan fingerprint density at radius 3 is 3.00 bits per heavy atom. The fraction of sp³-hybridized carbons (Fsp3) is 0.440. The number of nitrogens with zero attached hydrogens (tertiary/aromatic N) is 3. The van der Waals surface area contributed by atoms with Crippen molar-refractivity contribution in [3.8, 4) is 5.75 Å². The van der Waals surface area contributed by atoms with Crippen LogP contribution >= 0.6 is 0 Å². The summed E-state index contributed by atoms with van der Waals surface area (Å²) in [6, 6.07) is 13.7. The van der Waals surface area contributed by atoms with Gasteiger partial charge < -0.3 is 15.0 Å². The molecule has 164 valence electrons. The Kier molecular flexibility index (Phi) is 6.87. The number of nitrogens with one attached hydrogen (secondary N) is 1. The van der Waals surface area contributed by atoms with E-state index in [9.17, 15) is 4.79 Å². The molecule has 3 aromatic rings. The minimum absolute atomic E-state index is 0.0250. The van der Waals surface area contributed by atoms with Crippen LogP contribution in [0.2, 0.25) is 0 Å². The minimum Gasteiger partial charge on any atom is -0.497 e. The van der Waals surface area contributed by atoms with Gasteiger partial charge in [0.25, 0.3) is 5.91 Å². The lowest BCUT2D eigenvalue weighted by Crippen LogP contribution is -2.36. The van der Waals surface area contributed by atoms with Crippen molar-refractivity contribution < 1.29 is 9.53 Å².